The van der Waals surface area contributed by atoms with Crippen LogP contribution in [0, 0.1) is 0 Å². The van der Waals surface area contributed by atoms with Gasteiger partial charge in [-0.1, -0.05) is 0 Å². The van der Waals surface area contributed by atoms with Gasteiger partial charge < -0.3 is 14.6 Å². The summed E-state index contributed by atoms with van der Waals surface area (Å²) in [6.07, 6.45) is 0.545. The molecule has 0 aliphatic carbocycles. The van der Waals surface area contributed by atoms with Crippen molar-refractivity contribution in [1.82, 2.24) is 0 Å². The first-order valence-electron chi connectivity index (χ1n) is 3.99. The molecule has 0 bridgehead atoms. The topological polar surface area (TPSA) is 72.8 Å². The van der Waals surface area contributed by atoms with Crippen LogP contribution in [0.1, 0.15) is 19.8 Å². The van der Waals surface area contributed by atoms with Crippen LogP contribution in [0.2, 0.25) is 0 Å². The Hall–Kier alpha value is -1.10. The number of aliphatic hydroxyl groups excluding tert-OH is 1. The molecule has 5 nitrogen and oxygen atoms in total. The van der Waals surface area contributed by atoms with E-state index in [1.165, 1.54) is 14.0 Å². The van der Waals surface area contributed by atoms with Crippen LogP contribution in [-0.2, 0) is 19.1 Å². The molecule has 0 radical (unpaired) electrons. The summed E-state index contributed by atoms with van der Waals surface area (Å²) in [5.41, 5.74) is 0. The first-order chi connectivity index (χ1) is 6.07. The molecule has 1 aliphatic rings. The minimum atomic E-state index is -0.995. The van der Waals surface area contributed by atoms with E-state index in [1.807, 2.05) is 0 Å². The maximum Gasteiger partial charge on any atom is 0.334 e. The van der Waals surface area contributed by atoms with E-state index >= 15 is 0 Å². The lowest BCUT2D eigenvalue weighted by molar-refractivity contribution is -0.149. The number of methoxy groups -OCH3 is 1. The molecule has 0 aromatic heterocycles. The zero-order valence-corrected chi connectivity index (χ0v) is 7.78. The lowest BCUT2D eigenvalue weighted by Gasteiger charge is -1.97. The minimum absolute atomic E-state index is 0.0463. The SMILES string of the molecule is COC(=O)C(C)O.O=C1CCCO1. The molecule has 1 rings (SSSR count). The molecule has 0 spiro atoms. The summed E-state index contributed by atoms with van der Waals surface area (Å²) in [4.78, 5) is 20.1. The highest BCUT2D eigenvalue weighted by Crippen LogP contribution is 2.01. The van der Waals surface area contributed by atoms with E-state index in [2.05, 4.69) is 9.47 Å². The fraction of sp³-hybridized carbons (Fsp3) is 0.750. The highest BCUT2D eigenvalue weighted by Gasteiger charge is 2.08. The summed E-state index contributed by atoms with van der Waals surface area (Å²) in [6, 6.07) is 0. The molecule has 1 heterocycles. The van der Waals surface area contributed by atoms with E-state index < -0.39 is 12.1 Å². The number of rotatable bonds is 1. The Morgan fingerprint density at radius 1 is 1.69 bits per heavy atom. The Morgan fingerprint density at radius 3 is 2.38 bits per heavy atom. The standard InChI is InChI=1S/C4H8O3.C4H6O2/c1-3(5)4(6)7-2;5-4-2-1-3-6-4/h3,5H,1-2H3;1-3H2. The van der Waals surface area contributed by atoms with E-state index in [-0.39, 0.29) is 5.97 Å². The van der Waals surface area contributed by atoms with Crippen molar-refractivity contribution in [1.29, 1.82) is 0 Å². The van der Waals surface area contributed by atoms with Gasteiger partial charge in [-0.15, -0.1) is 0 Å². The molecular weight excluding hydrogens is 176 g/mol. The summed E-state index contributed by atoms with van der Waals surface area (Å²) in [7, 11) is 1.23. The number of carbonyl (C=O) groups is 2. The number of hydrogen-bond donors (Lipinski definition) is 1. The Morgan fingerprint density at radius 2 is 2.31 bits per heavy atom. The van der Waals surface area contributed by atoms with Gasteiger partial charge in [-0.2, -0.15) is 0 Å². The van der Waals surface area contributed by atoms with Gasteiger partial charge in [-0.25, -0.2) is 4.79 Å². The lowest BCUT2D eigenvalue weighted by Crippen LogP contribution is -2.16. The molecule has 1 unspecified atom stereocenters. The van der Waals surface area contributed by atoms with E-state index in [1.54, 1.807) is 0 Å². The second-order valence-corrected chi connectivity index (χ2v) is 2.52. The van der Waals surface area contributed by atoms with Crippen LogP contribution >= 0.6 is 0 Å². The van der Waals surface area contributed by atoms with Gasteiger partial charge in [0.05, 0.1) is 13.7 Å². The second-order valence-electron chi connectivity index (χ2n) is 2.52. The van der Waals surface area contributed by atoms with Crippen molar-refractivity contribution < 1.29 is 24.2 Å². The van der Waals surface area contributed by atoms with Gasteiger partial charge in [0.2, 0.25) is 0 Å². The number of carbonyl (C=O) groups excluding carboxylic acids is 2. The molecule has 13 heavy (non-hydrogen) atoms. The van der Waals surface area contributed by atoms with Gasteiger partial charge in [-0.05, 0) is 13.3 Å². The van der Waals surface area contributed by atoms with Crippen LogP contribution in [0.15, 0.2) is 0 Å². The monoisotopic (exact) mass is 190 g/mol. The van der Waals surface area contributed by atoms with Crippen molar-refractivity contribution in [3.63, 3.8) is 0 Å². The highest BCUT2D eigenvalue weighted by atomic mass is 16.5. The third-order valence-corrected chi connectivity index (χ3v) is 1.33. The Kier molecular flexibility index (Phi) is 5.88. The van der Waals surface area contributed by atoms with Crippen molar-refractivity contribution in [2.75, 3.05) is 13.7 Å². The molecule has 5 heteroatoms. The first kappa shape index (κ1) is 11.9. The van der Waals surface area contributed by atoms with Gasteiger partial charge in [0, 0.05) is 6.42 Å². The average molecular weight is 190 g/mol. The van der Waals surface area contributed by atoms with Crippen LogP contribution in [0.4, 0.5) is 0 Å². The Labute approximate surface area is 76.6 Å². The third-order valence-electron chi connectivity index (χ3n) is 1.33. The molecule has 0 aromatic rings. The van der Waals surface area contributed by atoms with Gasteiger partial charge in [-0.3, -0.25) is 4.79 Å². The maximum atomic E-state index is 10.0. The summed E-state index contributed by atoms with van der Waals surface area (Å²) < 4.78 is 8.64. The number of cyclic esters (lactones) is 1. The first-order valence-corrected chi connectivity index (χ1v) is 3.99. The molecule has 76 valence electrons. The Balaban J connectivity index is 0.000000223. The largest absolute Gasteiger partial charge is 0.467 e. The minimum Gasteiger partial charge on any atom is -0.467 e. The van der Waals surface area contributed by atoms with Crippen LogP contribution in [-0.4, -0.2) is 36.9 Å². The highest BCUT2D eigenvalue weighted by molar-refractivity contribution is 5.73. The summed E-state index contributed by atoms with van der Waals surface area (Å²) in [5.74, 6) is -0.644. The van der Waals surface area contributed by atoms with Crippen LogP contribution in [0.25, 0.3) is 0 Å². The third kappa shape index (κ3) is 6.10. The van der Waals surface area contributed by atoms with Crippen LogP contribution < -0.4 is 0 Å². The number of hydrogen-bond acceptors (Lipinski definition) is 5. The van der Waals surface area contributed by atoms with Crippen molar-refractivity contribution >= 4 is 11.9 Å². The quantitative estimate of drug-likeness (QED) is 0.583. The molecule has 1 saturated heterocycles. The van der Waals surface area contributed by atoms with Crippen molar-refractivity contribution in [3.05, 3.63) is 0 Å². The van der Waals surface area contributed by atoms with Gasteiger partial charge in [0.1, 0.15) is 6.10 Å². The molecule has 0 aromatic carbocycles. The van der Waals surface area contributed by atoms with Crippen LogP contribution in [0.3, 0.4) is 0 Å². The summed E-state index contributed by atoms with van der Waals surface area (Å²) in [6.45, 7) is 1.99. The fourth-order valence-electron chi connectivity index (χ4n) is 0.645. The lowest BCUT2D eigenvalue weighted by atomic mass is 10.4. The molecule has 1 fully saturated rings. The maximum absolute atomic E-state index is 10.0. The summed E-state index contributed by atoms with van der Waals surface area (Å²) in [5, 5.41) is 8.35. The van der Waals surface area contributed by atoms with Gasteiger partial charge >= 0.3 is 11.9 Å². The molecule has 1 N–H and O–H groups in total. The predicted molar refractivity (Wildman–Crippen MR) is 43.9 cm³/mol. The van der Waals surface area contributed by atoms with Gasteiger partial charge in [0.25, 0.3) is 0 Å². The number of aliphatic hydroxyl groups is 1. The van der Waals surface area contributed by atoms with E-state index in [0.29, 0.717) is 13.0 Å². The molecule has 1 aliphatic heterocycles. The fourth-order valence-corrected chi connectivity index (χ4v) is 0.645. The molecular formula is C8H14O5. The molecule has 0 amide bonds. The van der Waals surface area contributed by atoms with Crippen LogP contribution in [0.5, 0.6) is 0 Å². The van der Waals surface area contributed by atoms with E-state index in [4.69, 9.17) is 5.11 Å². The second kappa shape index (κ2) is 6.42. The Bertz CT molecular complexity index is 167. The van der Waals surface area contributed by atoms with E-state index in [0.717, 1.165) is 6.42 Å². The van der Waals surface area contributed by atoms with E-state index in [9.17, 15) is 9.59 Å². The zero-order valence-electron chi connectivity index (χ0n) is 7.78. The smallest absolute Gasteiger partial charge is 0.334 e. The van der Waals surface area contributed by atoms with Gasteiger partial charge in [0.15, 0.2) is 0 Å². The van der Waals surface area contributed by atoms with Crippen molar-refractivity contribution in [2.45, 2.75) is 25.9 Å². The average Bonchev–Trinajstić information content (AvgIpc) is 2.55. The van der Waals surface area contributed by atoms with Crippen molar-refractivity contribution in [3.8, 4) is 0 Å². The molecule has 0 saturated carbocycles. The number of ether oxygens (including phenoxy) is 2. The van der Waals surface area contributed by atoms with Crippen molar-refractivity contribution in [2.24, 2.45) is 0 Å². The zero-order chi connectivity index (χ0) is 10.3. The normalized spacial score (nSPS) is 16.7. The predicted octanol–water partition coefficient (Wildman–Crippen LogP) is -0.136. The summed E-state index contributed by atoms with van der Waals surface area (Å²) >= 11 is 0. The number of esters is 2. The molecule has 1 atom stereocenters.